The van der Waals surface area contributed by atoms with Crippen LogP contribution in [0.1, 0.15) is 30.6 Å². The first-order valence-electron chi connectivity index (χ1n) is 5.57. The van der Waals surface area contributed by atoms with Crippen LogP contribution in [0, 0.1) is 0 Å². The molecule has 2 rings (SSSR count). The van der Waals surface area contributed by atoms with Crippen molar-refractivity contribution in [2.24, 2.45) is 0 Å². The average Bonchev–Trinajstić information content (AvgIpc) is 2.28. The molecular weight excluding hydrogens is 231 g/mol. The molecule has 1 atom stereocenters. The third kappa shape index (κ3) is 2.24. The van der Waals surface area contributed by atoms with Crippen LogP contribution in [0.15, 0.2) is 18.2 Å². The maximum absolute atomic E-state index is 12.6. The smallest absolute Gasteiger partial charge is 0.388 e. The van der Waals surface area contributed by atoms with E-state index in [4.69, 9.17) is 0 Å². The van der Waals surface area contributed by atoms with Crippen LogP contribution in [0.25, 0.3) is 0 Å². The summed E-state index contributed by atoms with van der Waals surface area (Å²) < 4.78 is 37.7. The summed E-state index contributed by atoms with van der Waals surface area (Å²) in [6.07, 6.45) is -4.68. The van der Waals surface area contributed by atoms with E-state index >= 15 is 0 Å². The second-order valence-corrected chi connectivity index (χ2v) is 4.16. The minimum atomic E-state index is -4.36. The van der Waals surface area contributed by atoms with Gasteiger partial charge in [-0.15, -0.1) is 0 Å². The molecule has 0 fully saturated rings. The van der Waals surface area contributed by atoms with E-state index in [1.165, 1.54) is 6.07 Å². The molecule has 0 aliphatic carbocycles. The topological polar surface area (TPSA) is 23.5 Å². The van der Waals surface area contributed by atoms with Crippen molar-refractivity contribution in [3.05, 3.63) is 29.3 Å². The molecule has 1 N–H and O–H groups in total. The second-order valence-electron chi connectivity index (χ2n) is 4.16. The van der Waals surface area contributed by atoms with Gasteiger partial charge in [0.2, 0.25) is 0 Å². The molecule has 0 bridgehead atoms. The Kier molecular flexibility index (Phi) is 3.03. The average molecular weight is 245 g/mol. The van der Waals surface area contributed by atoms with Crippen molar-refractivity contribution in [3.63, 3.8) is 0 Å². The highest BCUT2D eigenvalue weighted by molar-refractivity contribution is 5.58. The van der Waals surface area contributed by atoms with E-state index in [2.05, 4.69) is 0 Å². The number of fused-ring (bicyclic) bond motifs is 1. The molecule has 17 heavy (non-hydrogen) atoms. The maximum Gasteiger partial charge on any atom is 0.416 e. The van der Waals surface area contributed by atoms with E-state index in [1.54, 1.807) is 0 Å². The molecule has 1 aromatic rings. The quantitative estimate of drug-likeness (QED) is 0.822. The van der Waals surface area contributed by atoms with Gasteiger partial charge in [0.1, 0.15) is 0 Å². The molecule has 5 heteroatoms. The number of benzene rings is 1. The zero-order valence-corrected chi connectivity index (χ0v) is 9.46. The Balaban J connectivity index is 2.46. The summed E-state index contributed by atoms with van der Waals surface area (Å²) in [4.78, 5) is 1.97. The molecule has 94 valence electrons. The van der Waals surface area contributed by atoms with Crippen LogP contribution in [0.3, 0.4) is 0 Å². The lowest BCUT2D eigenvalue weighted by atomic mass is 9.96. The Labute approximate surface area is 97.7 Å². The SMILES string of the molecule is CCN1CCC(O)c2cc(C(F)(F)F)ccc21. The summed E-state index contributed by atoms with van der Waals surface area (Å²) in [5.74, 6) is 0. The van der Waals surface area contributed by atoms with Crippen LogP contribution in [-0.2, 0) is 6.18 Å². The van der Waals surface area contributed by atoms with E-state index in [0.29, 0.717) is 24.2 Å². The molecule has 1 aliphatic heterocycles. The van der Waals surface area contributed by atoms with E-state index in [1.807, 2.05) is 11.8 Å². The highest BCUT2D eigenvalue weighted by Gasteiger charge is 2.33. The van der Waals surface area contributed by atoms with Crippen molar-refractivity contribution in [2.45, 2.75) is 25.6 Å². The lowest BCUT2D eigenvalue weighted by molar-refractivity contribution is -0.137. The van der Waals surface area contributed by atoms with Crippen LogP contribution in [0.2, 0.25) is 0 Å². The number of nitrogens with zero attached hydrogens (tertiary/aromatic N) is 1. The number of hydrogen-bond donors (Lipinski definition) is 1. The summed E-state index contributed by atoms with van der Waals surface area (Å²) in [6.45, 7) is 3.35. The molecular formula is C12H14F3NO. The number of halogens is 3. The standard InChI is InChI=1S/C12H14F3NO/c1-2-16-6-5-11(17)9-7-8(12(13,14)15)3-4-10(9)16/h3-4,7,11,17H,2,5-6H2,1H3. The molecule has 1 aromatic carbocycles. The van der Waals surface area contributed by atoms with Crippen molar-refractivity contribution in [1.29, 1.82) is 0 Å². The van der Waals surface area contributed by atoms with Crippen molar-refractivity contribution < 1.29 is 18.3 Å². The number of hydrogen-bond acceptors (Lipinski definition) is 2. The van der Waals surface area contributed by atoms with E-state index in [-0.39, 0.29) is 0 Å². The molecule has 0 saturated carbocycles. The minimum absolute atomic E-state index is 0.382. The van der Waals surface area contributed by atoms with Gasteiger partial charge in [-0.1, -0.05) is 0 Å². The Hall–Kier alpha value is -1.23. The molecule has 0 saturated heterocycles. The number of alkyl halides is 3. The van der Waals surface area contributed by atoms with Gasteiger partial charge in [-0.3, -0.25) is 0 Å². The maximum atomic E-state index is 12.6. The van der Waals surface area contributed by atoms with Gasteiger partial charge in [-0.25, -0.2) is 0 Å². The summed E-state index contributed by atoms with van der Waals surface area (Å²) in [7, 11) is 0. The van der Waals surface area contributed by atoms with Gasteiger partial charge in [-0.05, 0) is 31.5 Å². The molecule has 2 nitrogen and oxygen atoms in total. The largest absolute Gasteiger partial charge is 0.416 e. The Bertz CT molecular complexity index is 417. The number of rotatable bonds is 1. The predicted octanol–water partition coefficient (Wildman–Crippen LogP) is 2.97. The normalized spacial score (nSPS) is 20.3. The molecule has 1 unspecified atom stereocenters. The van der Waals surface area contributed by atoms with Crippen molar-refractivity contribution in [1.82, 2.24) is 0 Å². The van der Waals surface area contributed by atoms with Gasteiger partial charge in [0, 0.05) is 24.3 Å². The highest BCUT2D eigenvalue weighted by atomic mass is 19.4. The fraction of sp³-hybridized carbons (Fsp3) is 0.500. The van der Waals surface area contributed by atoms with Crippen molar-refractivity contribution >= 4 is 5.69 Å². The Morgan fingerprint density at radius 3 is 2.71 bits per heavy atom. The Morgan fingerprint density at radius 2 is 2.12 bits per heavy atom. The fourth-order valence-corrected chi connectivity index (χ4v) is 2.17. The van der Waals surface area contributed by atoms with Crippen molar-refractivity contribution in [3.8, 4) is 0 Å². The van der Waals surface area contributed by atoms with Crippen molar-refractivity contribution in [2.75, 3.05) is 18.0 Å². The first kappa shape index (κ1) is 12.2. The van der Waals surface area contributed by atoms with E-state index < -0.39 is 17.8 Å². The molecule has 1 heterocycles. The third-order valence-electron chi connectivity index (χ3n) is 3.11. The number of aliphatic hydroxyl groups excluding tert-OH is 1. The summed E-state index contributed by atoms with van der Waals surface area (Å²) in [5, 5.41) is 9.77. The molecule has 1 aliphatic rings. The van der Waals surface area contributed by atoms with Gasteiger partial charge in [0.25, 0.3) is 0 Å². The number of anilines is 1. The van der Waals surface area contributed by atoms with E-state index in [9.17, 15) is 18.3 Å². The molecule has 0 aromatic heterocycles. The summed E-state index contributed by atoms with van der Waals surface area (Å²) in [6, 6.07) is 3.57. The highest BCUT2D eigenvalue weighted by Crippen LogP contribution is 2.38. The van der Waals surface area contributed by atoms with Crippen LogP contribution in [-0.4, -0.2) is 18.2 Å². The van der Waals surface area contributed by atoms with Crippen LogP contribution in [0.5, 0.6) is 0 Å². The van der Waals surface area contributed by atoms with Crippen LogP contribution in [0.4, 0.5) is 18.9 Å². The third-order valence-corrected chi connectivity index (χ3v) is 3.11. The molecule has 0 spiro atoms. The monoisotopic (exact) mass is 245 g/mol. The second kappa shape index (κ2) is 4.22. The predicted molar refractivity (Wildman–Crippen MR) is 58.9 cm³/mol. The Morgan fingerprint density at radius 1 is 1.41 bits per heavy atom. The van der Waals surface area contributed by atoms with Crippen LogP contribution >= 0.6 is 0 Å². The van der Waals surface area contributed by atoms with Crippen LogP contribution < -0.4 is 4.90 Å². The lowest BCUT2D eigenvalue weighted by Crippen LogP contribution is -2.31. The van der Waals surface area contributed by atoms with Gasteiger partial charge in [0.15, 0.2) is 0 Å². The zero-order valence-electron chi connectivity index (χ0n) is 9.46. The fourth-order valence-electron chi connectivity index (χ4n) is 2.17. The molecule has 0 amide bonds. The number of aliphatic hydroxyl groups is 1. The minimum Gasteiger partial charge on any atom is -0.388 e. The van der Waals surface area contributed by atoms with Gasteiger partial charge in [-0.2, -0.15) is 13.2 Å². The summed E-state index contributed by atoms with van der Waals surface area (Å²) in [5.41, 5.74) is 0.389. The lowest BCUT2D eigenvalue weighted by Gasteiger charge is -2.33. The molecule has 0 radical (unpaired) electrons. The first-order valence-corrected chi connectivity index (χ1v) is 5.57. The van der Waals surface area contributed by atoms with Gasteiger partial charge < -0.3 is 10.0 Å². The zero-order chi connectivity index (χ0) is 12.6. The van der Waals surface area contributed by atoms with Gasteiger partial charge in [0.05, 0.1) is 11.7 Å². The first-order chi connectivity index (χ1) is 7.93. The summed E-state index contributed by atoms with van der Waals surface area (Å²) >= 11 is 0. The van der Waals surface area contributed by atoms with E-state index in [0.717, 1.165) is 18.7 Å². The van der Waals surface area contributed by atoms with Gasteiger partial charge >= 0.3 is 6.18 Å².